The van der Waals surface area contributed by atoms with Crippen LogP contribution in [0.3, 0.4) is 0 Å². The number of aliphatic carboxylic acids is 1. The summed E-state index contributed by atoms with van der Waals surface area (Å²) in [5.74, 6) is -0.0834. The maximum atomic E-state index is 11.0. The van der Waals surface area contributed by atoms with Gasteiger partial charge in [-0.25, -0.2) is 9.78 Å². The van der Waals surface area contributed by atoms with Crippen LogP contribution in [0.15, 0.2) is 12.4 Å². The van der Waals surface area contributed by atoms with Gasteiger partial charge < -0.3 is 10.0 Å². The zero-order valence-electron chi connectivity index (χ0n) is 8.55. The van der Waals surface area contributed by atoms with Crippen molar-refractivity contribution in [2.45, 2.75) is 25.8 Å². The molecule has 0 spiro atoms. The van der Waals surface area contributed by atoms with Crippen LogP contribution in [-0.4, -0.2) is 33.6 Å². The first kappa shape index (κ1) is 9.89. The lowest BCUT2D eigenvalue weighted by Gasteiger charge is -2.23. The fourth-order valence-electron chi connectivity index (χ4n) is 1.96. The van der Waals surface area contributed by atoms with Crippen LogP contribution < -0.4 is 4.90 Å². The van der Waals surface area contributed by atoms with Crippen molar-refractivity contribution in [2.24, 2.45) is 0 Å². The van der Waals surface area contributed by atoms with E-state index in [0.29, 0.717) is 12.2 Å². The van der Waals surface area contributed by atoms with Crippen LogP contribution in [0.4, 0.5) is 5.82 Å². The highest BCUT2D eigenvalue weighted by atomic mass is 16.4. The fourth-order valence-corrected chi connectivity index (χ4v) is 1.96. The first-order valence-corrected chi connectivity index (χ1v) is 4.97. The second-order valence-corrected chi connectivity index (χ2v) is 3.66. The summed E-state index contributed by atoms with van der Waals surface area (Å²) in [5.41, 5.74) is 0.783. The maximum Gasteiger partial charge on any atom is 0.326 e. The van der Waals surface area contributed by atoms with Crippen molar-refractivity contribution in [1.29, 1.82) is 0 Å². The van der Waals surface area contributed by atoms with E-state index in [0.717, 1.165) is 18.7 Å². The third kappa shape index (κ3) is 1.77. The second-order valence-electron chi connectivity index (χ2n) is 3.66. The molecule has 1 aliphatic heterocycles. The Bertz CT molecular complexity index is 381. The molecule has 0 amide bonds. The molecule has 5 nitrogen and oxygen atoms in total. The van der Waals surface area contributed by atoms with Crippen molar-refractivity contribution in [2.75, 3.05) is 11.4 Å². The predicted octanol–water partition coefficient (Wildman–Crippen LogP) is 0.838. The molecule has 0 bridgehead atoms. The predicted molar refractivity (Wildman–Crippen MR) is 54.8 cm³/mol. The Hall–Kier alpha value is -1.65. The normalized spacial score (nSPS) is 20.6. The number of anilines is 1. The molecular weight excluding hydrogens is 194 g/mol. The first-order valence-electron chi connectivity index (χ1n) is 4.97. The van der Waals surface area contributed by atoms with E-state index in [1.54, 1.807) is 12.4 Å². The van der Waals surface area contributed by atoms with Crippen LogP contribution in [-0.2, 0) is 4.79 Å². The summed E-state index contributed by atoms with van der Waals surface area (Å²) in [4.78, 5) is 21.1. The van der Waals surface area contributed by atoms with Gasteiger partial charge in [-0.3, -0.25) is 4.98 Å². The van der Waals surface area contributed by atoms with E-state index in [4.69, 9.17) is 5.11 Å². The molecule has 1 aliphatic rings. The smallest absolute Gasteiger partial charge is 0.326 e. The van der Waals surface area contributed by atoms with E-state index in [2.05, 4.69) is 9.97 Å². The summed E-state index contributed by atoms with van der Waals surface area (Å²) in [6.07, 6.45) is 4.79. The number of rotatable bonds is 2. The molecule has 0 radical (unpaired) electrons. The van der Waals surface area contributed by atoms with E-state index in [1.807, 2.05) is 11.8 Å². The standard InChI is InChI=1S/C10H13N3O2/c1-7-9(12-5-4-11-7)13-6-2-3-8(13)10(14)15/h4-5,8H,2-3,6H2,1H3,(H,14,15). The van der Waals surface area contributed by atoms with Gasteiger partial charge in [0.15, 0.2) is 5.82 Å². The number of hydrogen-bond acceptors (Lipinski definition) is 4. The SMILES string of the molecule is Cc1nccnc1N1CCCC1C(=O)O. The molecule has 80 valence electrons. The number of carboxylic acids is 1. The number of hydrogen-bond donors (Lipinski definition) is 1. The molecule has 1 N–H and O–H groups in total. The molecule has 1 fully saturated rings. The van der Waals surface area contributed by atoms with Crippen molar-refractivity contribution < 1.29 is 9.90 Å². The average molecular weight is 207 g/mol. The lowest BCUT2D eigenvalue weighted by atomic mass is 10.2. The molecule has 0 aliphatic carbocycles. The van der Waals surface area contributed by atoms with Crippen LogP contribution in [0.25, 0.3) is 0 Å². The van der Waals surface area contributed by atoms with E-state index < -0.39 is 12.0 Å². The highest BCUT2D eigenvalue weighted by Crippen LogP contribution is 2.25. The summed E-state index contributed by atoms with van der Waals surface area (Å²) in [6.45, 7) is 2.59. The van der Waals surface area contributed by atoms with E-state index in [-0.39, 0.29) is 0 Å². The van der Waals surface area contributed by atoms with Gasteiger partial charge in [-0.1, -0.05) is 0 Å². The number of carbonyl (C=O) groups is 1. The number of aromatic nitrogens is 2. The monoisotopic (exact) mass is 207 g/mol. The summed E-state index contributed by atoms with van der Waals surface area (Å²) in [5, 5.41) is 9.05. The highest BCUT2D eigenvalue weighted by molar-refractivity contribution is 5.78. The number of nitrogens with zero attached hydrogens (tertiary/aromatic N) is 3. The lowest BCUT2D eigenvalue weighted by Crippen LogP contribution is -2.37. The van der Waals surface area contributed by atoms with Crippen molar-refractivity contribution in [3.63, 3.8) is 0 Å². The van der Waals surface area contributed by atoms with Crippen molar-refractivity contribution in [1.82, 2.24) is 9.97 Å². The van der Waals surface area contributed by atoms with Crippen LogP contribution in [0.1, 0.15) is 18.5 Å². The first-order chi connectivity index (χ1) is 7.20. The summed E-state index contributed by atoms with van der Waals surface area (Å²) >= 11 is 0. The van der Waals surface area contributed by atoms with Crippen LogP contribution in [0.2, 0.25) is 0 Å². The number of aryl methyl sites for hydroxylation is 1. The Morgan fingerprint density at radius 2 is 2.27 bits per heavy atom. The third-order valence-corrected chi connectivity index (χ3v) is 2.67. The van der Waals surface area contributed by atoms with Crippen molar-refractivity contribution in [3.8, 4) is 0 Å². The topological polar surface area (TPSA) is 66.3 Å². The number of carboxylic acid groups (broad SMARTS) is 1. The van der Waals surface area contributed by atoms with E-state index in [9.17, 15) is 4.79 Å². The van der Waals surface area contributed by atoms with Crippen molar-refractivity contribution >= 4 is 11.8 Å². The van der Waals surface area contributed by atoms with Gasteiger partial charge in [0, 0.05) is 18.9 Å². The minimum absolute atomic E-state index is 0.444. The summed E-state index contributed by atoms with van der Waals surface area (Å²) in [7, 11) is 0. The molecule has 1 atom stereocenters. The Kier molecular flexibility index (Phi) is 2.53. The van der Waals surface area contributed by atoms with Gasteiger partial charge in [0.25, 0.3) is 0 Å². The van der Waals surface area contributed by atoms with E-state index >= 15 is 0 Å². The maximum absolute atomic E-state index is 11.0. The van der Waals surface area contributed by atoms with Gasteiger partial charge in [0.05, 0.1) is 5.69 Å². The third-order valence-electron chi connectivity index (χ3n) is 2.67. The van der Waals surface area contributed by atoms with Crippen LogP contribution in [0, 0.1) is 6.92 Å². The molecule has 0 aromatic carbocycles. The zero-order chi connectivity index (χ0) is 10.8. The minimum Gasteiger partial charge on any atom is -0.480 e. The molecule has 5 heteroatoms. The minimum atomic E-state index is -0.780. The van der Waals surface area contributed by atoms with Gasteiger partial charge >= 0.3 is 5.97 Å². The largest absolute Gasteiger partial charge is 0.480 e. The molecule has 1 unspecified atom stereocenters. The molecule has 15 heavy (non-hydrogen) atoms. The molecule has 2 rings (SSSR count). The Morgan fingerprint density at radius 1 is 1.53 bits per heavy atom. The molecular formula is C10H13N3O2. The van der Waals surface area contributed by atoms with Gasteiger partial charge in [-0.2, -0.15) is 0 Å². The molecule has 1 aromatic heterocycles. The summed E-state index contributed by atoms with van der Waals surface area (Å²) in [6, 6.07) is -0.444. The van der Waals surface area contributed by atoms with Gasteiger partial charge in [0.2, 0.25) is 0 Å². The average Bonchev–Trinajstić information content (AvgIpc) is 2.67. The Balaban J connectivity index is 2.30. The molecule has 1 aromatic rings. The van der Waals surface area contributed by atoms with Gasteiger partial charge in [-0.15, -0.1) is 0 Å². The Labute approximate surface area is 87.8 Å². The Morgan fingerprint density at radius 3 is 2.93 bits per heavy atom. The van der Waals surface area contributed by atoms with Gasteiger partial charge in [0.1, 0.15) is 6.04 Å². The quantitative estimate of drug-likeness (QED) is 0.778. The zero-order valence-corrected chi connectivity index (χ0v) is 8.55. The van der Waals surface area contributed by atoms with Crippen molar-refractivity contribution in [3.05, 3.63) is 18.1 Å². The van der Waals surface area contributed by atoms with Gasteiger partial charge in [-0.05, 0) is 19.8 Å². The second kappa shape index (κ2) is 3.84. The molecule has 0 saturated carbocycles. The fraction of sp³-hybridized carbons (Fsp3) is 0.500. The molecule has 1 saturated heterocycles. The summed E-state index contributed by atoms with van der Waals surface area (Å²) < 4.78 is 0. The van der Waals surface area contributed by atoms with Crippen LogP contribution in [0.5, 0.6) is 0 Å². The molecule has 2 heterocycles. The highest BCUT2D eigenvalue weighted by Gasteiger charge is 2.32. The van der Waals surface area contributed by atoms with Crippen LogP contribution >= 0.6 is 0 Å². The van der Waals surface area contributed by atoms with E-state index in [1.165, 1.54) is 0 Å². The lowest BCUT2D eigenvalue weighted by molar-refractivity contribution is -0.138.